The summed E-state index contributed by atoms with van der Waals surface area (Å²) in [6.07, 6.45) is 5.80. The molecule has 0 saturated carbocycles. The molecular formula is C10H20Si2. The van der Waals surface area contributed by atoms with Crippen LogP contribution in [0.2, 0.25) is 26.2 Å². The molecule has 0 unspecified atom stereocenters. The normalized spacial score (nSPS) is 19.5. The molecule has 68 valence electrons. The lowest BCUT2D eigenvalue weighted by Crippen LogP contribution is -2.19. The topological polar surface area (TPSA) is 0 Å². The Hall–Kier alpha value is 0.174. The van der Waals surface area contributed by atoms with E-state index in [1.807, 2.05) is 10.4 Å². The van der Waals surface area contributed by atoms with Gasteiger partial charge in [0.2, 0.25) is 0 Å². The minimum Gasteiger partial charge on any atom is -0.0878 e. The molecule has 0 aliphatic heterocycles. The third-order valence-corrected chi connectivity index (χ3v) is 6.44. The second kappa shape index (κ2) is 4.42. The molecule has 12 heavy (non-hydrogen) atoms. The van der Waals surface area contributed by atoms with Crippen molar-refractivity contribution in [3.05, 3.63) is 10.4 Å². The zero-order chi connectivity index (χ0) is 9.14. The van der Waals surface area contributed by atoms with E-state index in [2.05, 4.69) is 26.2 Å². The van der Waals surface area contributed by atoms with E-state index in [0.29, 0.717) is 0 Å². The molecule has 0 saturated heterocycles. The third kappa shape index (κ3) is 2.33. The molecule has 0 aromatic rings. The molecule has 0 nitrogen and oxygen atoms in total. The summed E-state index contributed by atoms with van der Waals surface area (Å²) in [6.45, 7) is 9.82. The number of hydrogen-bond donors (Lipinski definition) is 0. The fraction of sp³-hybridized carbons (Fsp3) is 0.800. The van der Waals surface area contributed by atoms with Gasteiger partial charge in [-0.2, -0.15) is 0 Å². The minimum absolute atomic E-state index is 0.123. The molecule has 0 N–H and O–H groups in total. The predicted molar refractivity (Wildman–Crippen MR) is 60.5 cm³/mol. The predicted octanol–water partition coefficient (Wildman–Crippen LogP) is 3.44. The van der Waals surface area contributed by atoms with Crippen molar-refractivity contribution in [2.24, 2.45) is 0 Å². The molecule has 1 aliphatic rings. The first kappa shape index (κ1) is 10.3. The Labute approximate surface area is 80.3 Å². The fourth-order valence-corrected chi connectivity index (χ4v) is 6.32. The van der Waals surface area contributed by atoms with Crippen LogP contribution in [0.5, 0.6) is 0 Å². The van der Waals surface area contributed by atoms with Crippen LogP contribution in [0.3, 0.4) is 0 Å². The van der Waals surface area contributed by atoms with Crippen LogP contribution in [0.1, 0.15) is 25.7 Å². The fourth-order valence-electron chi connectivity index (χ4n) is 2.01. The van der Waals surface area contributed by atoms with Gasteiger partial charge in [-0.1, -0.05) is 36.6 Å². The maximum absolute atomic E-state index is 2.45. The largest absolute Gasteiger partial charge is 0.0878 e. The summed E-state index contributed by atoms with van der Waals surface area (Å²) in [4.78, 5) is 0. The van der Waals surface area contributed by atoms with Crippen LogP contribution < -0.4 is 0 Å². The highest BCUT2D eigenvalue weighted by molar-refractivity contribution is 6.71. The van der Waals surface area contributed by atoms with Crippen molar-refractivity contribution in [1.29, 1.82) is 0 Å². The molecule has 1 rings (SSSR count). The molecule has 0 aromatic carbocycles. The quantitative estimate of drug-likeness (QED) is 0.594. The Morgan fingerprint density at radius 2 is 1.08 bits per heavy atom. The summed E-state index contributed by atoms with van der Waals surface area (Å²) in [7, 11) is -0.246. The highest BCUT2D eigenvalue weighted by Gasteiger charge is 2.18. The molecule has 2 heteroatoms. The van der Waals surface area contributed by atoms with E-state index in [0.717, 1.165) is 0 Å². The molecule has 0 spiro atoms. The van der Waals surface area contributed by atoms with Crippen molar-refractivity contribution in [3.63, 3.8) is 0 Å². The van der Waals surface area contributed by atoms with Crippen molar-refractivity contribution in [3.8, 4) is 0 Å². The van der Waals surface area contributed by atoms with Crippen molar-refractivity contribution in [2.75, 3.05) is 0 Å². The Balaban J connectivity index is 2.83. The van der Waals surface area contributed by atoms with E-state index in [9.17, 15) is 0 Å². The molecule has 0 fully saturated rings. The van der Waals surface area contributed by atoms with Gasteiger partial charge >= 0.3 is 0 Å². The van der Waals surface area contributed by atoms with E-state index in [1.165, 1.54) is 25.7 Å². The van der Waals surface area contributed by atoms with E-state index < -0.39 is 0 Å². The van der Waals surface area contributed by atoms with Gasteiger partial charge in [-0.15, -0.1) is 0 Å². The monoisotopic (exact) mass is 196 g/mol. The van der Waals surface area contributed by atoms with Gasteiger partial charge in [-0.05, 0) is 25.7 Å². The first-order chi connectivity index (χ1) is 5.63. The zero-order valence-corrected chi connectivity index (χ0v) is 10.8. The van der Waals surface area contributed by atoms with Crippen LogP contribution in [0.15, 0.2) is 10.4 Å². The Kier molecular flexibility index (Phi) is 3.78. The van der Waals surface area contributed by atoms with Crippen LogP contribution in [-0.2, 0) is 0 Å². The lowest BCUT2D eigenvalue weighted by molar-refractivity contribution is 0.708. The molecule has 2 radical (unpaired) electrons. The van der Waals surface area contributed by atoms with E-state index >= 15 is 0 Å². The van der Waals surface area contributed by atoms with Gasteiger partial charge in [0, 0.05) is 0 Å². The average molecular weight is 196 g/mol. The Morgan fingerprint density at radius 3 is 1.33 bits per heavy atom. The molecule has 0 aromatic heterocycles. The van der Waals surface area contributed by atoms with Gasteiger partial charge in [0.05, 0.1) is 17.6 Å². The van der Waals surface area contributed by atoms with Crippen LogP contribution in [0.25, 0.3) is 0 Å². The minimum atomic E-state index is -0.123. The Bertz CT molecular complexity index is 160. The van der Waals surface area contributed by atoms with Crippen LogP contribution in [0.4, 0.5) is 0 Å². The lowest BCUT2D eigenvalue weighted by atomic mass is 10.1. The summed E-state index contributed by atoms with van der Waals surface area (Å²) in [5.41, 5.74) is 0. The van der Waals surface area contributed by atoms with Crippen molar-refractivity contribution < 1.29 is 0 Å². The summed E-state index contributed by atoms with van der Waals surface area (Å²) in [5, 5.41) is 3.82. The highest BCUT2D eigenvalue weighted by Crippen LogP contribution is 2.28. The van der Waals surface area contributed by atoms with Crippen LogP contribution in [-0.4, -0.2) is 17.6 Å². The van der Waals surface area contributed by atoms with E-state index in [1.54, 1.807) is 0 Å². The van der Waals surface area contributed by atoms with Gasteiger partial charge in [0.25, 0.3) is 0 Å². The highest BCUT2D eigenvalue weighted by atomic mass is 28.3. The van der Waals surface area contributed by atoms with Crippen molar-refractivity contribution >= 4 is 17.6 Å². The maximum Gasteiger partial charge on any atom is 0.0731 e. The van der Waals surface area contributed by atoms with E-state index in [4.69, 9.17) is 0 Å². The van der Waals surface area contributed by atoms with E-state index in [-0.39, 0.29) is 17.6 Å². The number of allylic oxidation sites excluding steroid dienone is 2. The van der Waals surface area contributed by atoms with Gasteiger partial charge in [-0.3, -0.25) is 0 Å². The zero-order valence-electron chi connectivity index (χ0n) is 8.83. The molecule has 0 atom stereocenters. The Morgan fingerprint density at radius 1 is 0.750 bits per heavy atom. The summed E-state index contributed by atoms with van der Waals surface area (Å²) in [6, 6.07) is 0. The van der Waals surface area contributed by atoms with Crippen molar-refractivity contribution in [1.82, 2.24) is 0 Å². The number of hydrogen-bond acceptors (Lipinski definition) is 0. The first-order valence-corrected chi connectivity index (χ1v) is 9.96. The van der Waals surface area contributed by atoms with Crippen LogP contribution in [0, 0.1) is 0 Å². The standard InChI is InChI=1S/C10H20Si2/c1-11(2)9-7-5-6-8-10(9)12(3)4/h5-8H2,1-4H3. The SMILES string of the molecule is C[Si](C)C1=C([Si](C)C)CCCC1. The van der Waals surface area contributed by atoms with Gasteiger partial charge in [0.15, 0.2) is 0 Å². The maximum atomic E-state index is 2.45. The lowest BCUT2D eigenvalue weighted by Gasteiger charge is -2.24. The van der Waals surface area contributed by atoms with Gasteiger partial charge < -0.3 is 0 Å². The second-order valence-corrected chi connectivity index (χ2v) is 9.37. The molecule has 1 aliphatic carbocycles. The third-order valence-electron chi connectivity index (χ3n) is 2.67. The van der Waals surface area contributed by atoms with Gasteiger partial charge in [-0.25, -0.2) is 0 Å². The molecular weight excluding hydrogens is 176 g/mol. The van der Waals surface area contributed by atoms with Crippen LogP contribution >= 0.6 is 0 Å². The van der Waals surface area contributed by atoms with Gasteiger partial charge in [0.1, 0.15) is 0 Å². The summed E-state index contributed by atoms with van der Waals surface area (Å²) in [5.74, 6) is 0. The summed E-state index contributed by atoms with van der Waals surface area (Å²) >= 11 is 0. The smallest absolute Gasteiger partial charge is 0.0731 e. The first-order valence-electron chi connectivity index (χ1n) is 4.96. The molecule has 0 bridgehead atoms. The van der Waals surface area contributed by atoms with Crippen molar-refractivity contribution in [2.45, 2.75) is 51.9 Å². The molecule has 0 heterocycles. The number of rotatable bonds is 2. The summed E-state index contributed by atoms with van der Waals surface area (Å²) < 4.78 is 0. The molecule has 0 amide bonds. The average Bonchev–Trinajstić information content (AvgIpc) is 2.04. The second-order valence-electron chi connectivity index (χ2n) is 4.16.